The normalized spacial score (nSPS) is 16.3. The minimum atomic E-state index is -0.794. The molecule has 1 saturated carbocycles. The van der Waals surface area contributed by atoms with Gasteiger partial charge in [-0.05, 0) is 56.0 Å². The zero-order valence-electron chi connectivity index (χ0n) is 9.97. The number of hydrogen-bond acceptors (Lipinski definition) is 1. The Kier molecular flexibility index (Phi) is 3.89. The van der Waals surface area contributed by atoms with Crippen molar-refractivity contribution in [2.24, 2.45) is 0 Å². The first-order chi connectivity index (χ1) is 8.16. The fraction of sp³-hybridized carbons (Fsp3) is 0.429. The molecule has 92 valence electrons. The van der Waals surface area contributed by atoms with Crippen LogP contribution in [0.5, 0.6) is 0 Å². The summed E-state index contributed by atoms with van der Waals surface area (Å²) in [5.41, 5.74) is 1.73. The molecular formula is C14H17F2N. The third-order valence-corrected chi connectivity index (χ3v) is 2.98. The van der Waals surface area contributed by atoms with E-state index in [9.17, 15) is 8.78 Å². The van der Waals surface area contributed by atoms with Gasteiger partial charge in [-0.3, -0.25) is 0 Å². The van der Waals surface area contributed by atoms with E-state index in [1.54, 1.807) is 6.07 Å². The first-order valence-corrected chi connectivity index (χ1v) is 6.02. The summed E-state index contributed by atoms with van der Waals surface area (Å²) >= 11 is 0. The van der Waals surface area contributed by atoms with E-state index in [0.29, 0.717) is 6.04 Å². The van der Waals surface area contributed by atoms with Gasteiger partial charge < -0.3 is 5.32 Å². The highest BCUT2D eigenvalue weighted by Gasteiger charge is 2.19. The lowest BCUT2D eigenvalue weighted by atomic mass is 10.1. The van der Waals surface area contributed by atoms with E-state index in [1.165, 1.54) is 25.0 Å². The second-order valence-corrected chi connectivity index (χ2v) is 4.53. The number of allylic oxidation sites excluding steroid dienone is 1. The van der Waals surface area contributed by atoms with Gasteiger partial charge in [-0.1, -0.05) is 12.1 Å². The van der Waals surface area contributed by atoms with Gasteiger partial charge in [0.25, 0.3) is 0 Å². The predicted octanol–water partition coefficient (Wildman–Crippen LogP) is 3.51. The lowest BCUT2D eigenvalue weighted by Gasteiger charge is -2.03. The summed E-state index contributed by atoms with van der Waals surface area (Å²) in [5, 5.41) is 3.41. The van der Waals surface area contributed by atoms with Crippen LogP contribution in [-0.4, -0.2) is 12.6 Å². The Labute approximate surface area is 101 Å². The van der Waals surface area contributed by atoms with E-state index in [4.69, 9.17) is 0 Å². The molecule has 3 heteroatoms. The highest BCUT2D eigenvalue weighted by Crippen LogP contribution is 2.19. The van der Waals surface area contributed by atoms with Gasteiger partial charge in [-0.2, -0.15) is 0 Å². The van der Waals surface area contributed by atoms with Gasteiger partial charge in [0.2, 0.25) is 0 Å². The minimum absolute atomic E-state index is 0.715. The molecule has 17 heavy (non-hydrogen) atoms. The van der Waals surface area contributed by atoms with E-state index in [-0.39, 0.29) is 0 Å². The van der Waals surface area contributed by atoms with Crippen molar-refractivity contribution in [2.45, 2.75) is 32.2 Å². The summed E-state index contributed by atoms with van der Waals surface area (Å²) < 4.78 is 25.8. The molecule has 1 fully saturated rings. The summed E-state index contributed by atoms with van der Waals surface area (Å²) in [6.45, 7) is 2.87. The minimum Gasteiger partial charge on any atom is -0.314 e. The molecule has 1 aliphatic carbocycles. The molecule has 0 aromatic heterocycles. The van der Waals surface area contributed by atoms with Gasteiger partial charge in [0.05, 0.1) is 0 Å². The Balaban J connectivity index is 1.89. The maximum absolute atomic E-state index is 13.0. The first kappa shape index (κ1) is 12.2. The average molecular weight is 237 g/mol. The van der Waals surface area contributed by atoms with Crippen molar-refractivity contribution in [3.63, 3.8) is 0 Å². The molecule has 0 aliphatic heterocycles. The molecule has 1 N–H and O–H groups in total. The van der Waals surface area contributed by atoms with E-state index in [0.717, 1.165) is 24.1 Å². The van der Waals surface area contributed by atoms with Gasteiger partial charge in [0.1, 0.15) is 0 Å². The average Bonchev–Trinajstić information content (AvgIpc) is 3.12. The second-order valence-electron chi connectivity index (χ2n) is 4.53. The van der Waals surface area contributed by atoms with Gasteiger partial charge >= 0.3 is 0 Å². The Hall–Kier alpha value is -1.22. The molecule has 0 radical (unpaired) electrons. The summed E-state index contributed by atoms with van der Waals surface area (Å²) in [7, 11) is 0. The molecule has 0 saturated heterocycles. The van der Waals surface area contributed by atoms with Crippen molar-refractivity contribution in [3.8, 4) is 0 Å². The molecule has 0 atom stereocenters. The van der Waals surface area contributed by atoms with E-state index in [2.05, 4.69) is 11.4 Å². The molecule has 2 rings (SSSR count). The number of hydrogen-bond donors (Lipinski definition) is 1. The van der Waals surface area contributed by atoms with Gasteiger partial charge in [-0.25, -0.2) is 8.78 Å². The number of nitrogens with one attached hydrogen (secondary N) is 1. The van der Waals surface area contributed by atoms with E-state index in [1.807, 2.05) is 6.92 Å². The summed E-state index contributed by atoms with van der Waals surface area (Å²) in [6, 6.07) is 4.74. The van der Waals surface area contributed by atoms with Crippen molar-refractivity contribution in [3.05, 3.63) is 41.5 Å². The molecule has 0 spiro atoms. The maximum Gasteiger partial charge on any atom is 0.159 e. The SMILES string of the molecule is CC(=CCCNC1CC1)c1ccc(F)c(F)c1. The Morgan fingerprint density at radius 2 is 2.12 bits per heavy atom. The standard InChI is InChI=1S/C14H17F2N/c1-10(3-2-8-17-12-5-6-12)11-4-7-13(15)14(16)9-11/h3-4,7,9,12,17H,2,5-6,8H2,1H3. The van der Waals surface area contributed by atoms with Crippen LogP contribution >= 0.6 is 0 Å². The van der Waals surface area contributed by atoms with Crippen LogP contribution in [0.3, 0.4) is 0 Å². The van der Waals surface area contributed by atoms with Crippen LogP contribution < -0.4 is 5.32 Å². The summed E-state index contributed by atoms with van der Waals surface area (Å²) in [4.78, 5) is 0. The molecule has 0 unspecified atom stereocenters. The topological polar surface area (TPSA) is 12.0 Å². The molecule has 0 bridgehead atoms. The molecule has 1 aliphatic rings. The van der Waals surface area contributed by atoms with E-state index < -0.39 is 11.6 Å². The zero-order chi connectivity index (χ0) is 12.3. The highest BCUT2D eigenvalue weighted by molar-refractivity contribution is 5.63. The lowest BCUT2D eigenvalue weighted by molar-refractivity contribution is 0.508. The van der Waals surface area contributed by atoms with Crippen molar-refractivity contribution >= 4 is 5.57 Å². The third kappa shape index (κ3) is 3.63. The van der Waals surface area contributed by atoms with Crippen LogP contribution in [0.15, 0.2) is 24.3 Å². The Morgan fingerprint density at radius 1 is 1.35 bits per heavy atom. The number of rotatable bonds is 5. The molecule has 0 heterocycles. The fourth-order valence-electron chi connectivity index (χ4n) is 1.72. The molecular weight excluding hydrogens is 220 g/mol. The van der Waals surface area contributed by atoms with Crippen LogP contribution in [0.4, 0.5) is 8.78 Å². The summed E-state index contributed by atoms with van der Waals surface area (Å²) in [6.07, 6.45) is 5.54. The van der Waals surface area contributed by atoms with Crippen molar-refractivity contribution in [1.82, 2.24) is 5.32 Å². The quantitative estimate of drug-likeness (QED) is 0.773. The zero-order valence-corrected chi connectivity index (χ0v) is 9.97. The fourth-order valence-corrected chi connectivity index (χ4v) is 1.72. The van der Waals surface area contributed by atoms with Crippen molar-refractivity contribution in [2.75, 3.05) is 6.54 Å². The number of benzene rings is 1. The van der Waals surface area contributed by atoms with Gasteiger partial charge in [0, 0.05) is 6.04 Å². The smallest absolute Gasteiger partial charge is 0.159 e. The third-order valence-electron chi connectivity index (χ3n) is 2.98. The molecule has 1 aromatic carbocycles. The Bertz CT molecular complexity index is 422. The number of halogens is 2. The molecule has 0 amide bonds. The largest absolute Gasteiger partial charge is 0.314 e. The lowest BCUT2D eigenvalue weighted by Crippen LogP contribution is -2.16. The van der Waals surface area contributed by atoms with Crippen LogP contribution in [0.25, 0.3) is 5.57 Å². The van der Waals surface area contributed by atoms with Crippen LogP contribution in [0.1, 0.15) is 31.7 Å². The first-order valence-electron chi connectivity index (χ1n) is 6.02. The second kappa shape index (κ2) is 5.41. The molecule has 1 nitrogen and oxygen atoms in total. The van der Waals surface area contributed by atoms with Crippen molar-refractivity contribution < 1.29 is 8.78 Å². The predicted molar refractivity (Wildman–Crippen MR) is 65.7 cm³/mol. The monoisotopic (exact) mass is 237 g/mol. The van der Waals surface area contributed by atoms with Gasteiger partial charge in [-0.15, -0.1) is 0 Å². The van der Waals surface area contributed by atoms with Gasteiger partial charge in [0.15, 0.2) is 11.6 Å². The highest BCUT2D eigenvalue weighted by atomic mass is 19.2. The van der Waals surface area contributed by atoms with Crippen LogP contribution in [-0.2, 0) is 0 Å². The van der Waals surface area contributed by atoms with Crippen molar-refractivity contribution in [1.29, 1.82) is 0 Å². The maximum atomic E-state index is 13.0. The molecule has 1 aromatic rings. The van der Waals surface area contributed by atoms with E-state index >= 15 is 0 Å². The summed E-state index contributed by atoms with van der Waals surface area (Å²) in [5.74, 6) is -1.58. The van der Waals surface area contributed by atoms with Crippen LogP contribution in [0.2, 0.25) is 0 Å². The Morgan fingerprint density at radius 3 is 2.76 bits per heavy atom. The van der Waals surface area contributed by atoms with Crippen LogP contribution in [0, 0.1) is 11.6 Å².